The standard InChI is InChI=1S/C23H17N3O2S/c1-27-21-9-5-4-8-20(21)22-25-26-23(28-22)29-15-16-10-12-17(13-11-16)19-7-3-2-6-18(19)14-24/h2-13H,15H2,1H3. The van der Waals surface area contributed by atoms with Crippen LogP contribution in [-0.4, -0.2) is 17.3 Å². The fourth-order valence-corrected chi connectivity index (χ4v) is 3.68. The van der Waals surface area contributed by atoms with E-state index in [9.17, 15) is 5.26 Å². The molecule has 0 atom stereocenters. The molecule has 0 aliphatic heterocycles. The maximum atomic E-state index is 9.28. The van der Waals surface area contributed by atoms with Crippen molar-refractivity contribution >= 4 is 11.8 Å². The molecule has 0 saturated heterocycles. The maximum absolute atomic E-state index is 9.28. The van der Waals surface area contributed by atoms with E-state index in [-0.39, 0.29) is 0 Å². The molecule has 6 heteroatoms. The van der Waals surface area contributed by atoms with Crippen LogP contribution >= 0.6 is 11.8 Å². The normalized spacial score (nSPS) is 10.5. The number of nitrogens with zero attached hydrogens (tertiary/aromatic N) is 3. The van der Waals surface area contributed by atoms with Gasteiger partial charge in [0.2, 0.25) is 0 Å². The second-order valence-corrected chi connectivity index (χ2v) is 7.14. The zero-order chi connectivity index (χ0) is 20.1. The summed E-state index contributed by atoms with van der Waals surface area (Å²) in [6.45, 7) is 0. The van der Waals surface area contributed by atoms with Crippen LogP contribution in [-0.2, 0) is 5.75 Å². The molecule has 0 aliphatic carbocycles. The number of nitriles is 1. The van der Waals surface area contributed by atoms with Gasteiger partial charge < -0.3 is 9.15 Å². The summed E-state index contributed by atoms with van der Waals surface area (Å²) in [6.07, 6.45) is 0. The molecule has 29 heavy (non-hydrogen) atoms. The first-order chi connectivity index (χ1) is 14.3. The Kier molecular flexibility index (Phi) is 5.59. The lowest BCUT2D eigenvalue weighted by Gasteiger charge is -2.05. The fourth-order valence-electron chi connectivity index (χ4n) is 2.96. The summed E-state index contributed by atoms with van der Waals surface area (Å²) in [7, 11) is 1.61. The number of methoxy groups -OCH3 is 1. The highest BCUT2D eigenvalue weighted by molar-refractivity contribution is 7.98. The van der Waals surface area contributed by atoms with Crippen LogP contribution in [0.15, 0.2) is 82.4 Å². The Morgan fingerprint density at radius 1 is 0.931 bits per heavy atom. The average Bonchev–Trinajstić information content (AvgIpc) is 3.27. The molecule has 3 aromatic carbocycles. The minimum absolute atomic E-state index is 0.438. The molecule has 142 valence electrons. The quantitative estimate of drug-likeness (QED) is 0.394. The van der Waals surface area contributed by atoms with E-state index in [0.717, 1.165) is 22.3 Å². The summed E-state index contributed by atoms with van der Waals surface area (Å²) in [4.78, 5) is 0. The zero-order valence-corrected chi connectivity index (χ0v) is 16.5. The number of hydrogen-bond donors (Lipinski definition) is 0. The Balaban J connectivity index is 1.45. The summed E-state index contributed by atoms with van der Waals surface area (Å²) >= 11 is 1.48. The number of para-hydroxylation sites is 1. The third kappa shape index (κ3) is 4.15. The molecule has 0 unspecified atom stereocenters. The summed E-state index contributed by atoms with van der Waals surface area (Å²) in [5.41, 5.74) is 4.53. The molecule has 0 amide bonds. The van der Waals surface area contributed by atoms with Gasteiger partial charge in [0, 0.05) is 5.75 Å². The number of thioether (sulfide) groups is 1. The molecule has 4 aromatic rings. The van der Waals surface area contributed by atoms with Crippen LogP contribution in [0.4, 0.5) is 0 Å². The molecule has 0 saturated carbocycles. The summed E-state index contributed by atoms with van der Waals surface area (Å²) < 4.78 is 11.1. The predicted molar refractivity (Wildman–Crippen MR) is 112 cm³/mol. The molecule has 0 N–H and O–H groups in total. The molecular weight excluding hydrogens is 382 g/mol. The van der Waals surface area contributed by atoms with Gasteiger partial charge in [0.1, 0.15) is 5.75 Å². The number of rotatable bonds is 6. The van der Waals surface area contributed by atoms with Gasteiger partial charge in [-0.25, -0.2) is 0 Å². The van der Waals surface area contributed by atoms with E-state index in [4.69, 9.17) is 9.15 Å². The zero-order valence-electron chi connectivity index (χ0n) is 15.7. The molecule has 0 bridgehead atoms. The largest absolute Gasteiger partial charge is 0.496 e. The summed E-state index contributed by atoms with van der Waals surface area (Å²) in [5, 5.41) is 18.0. The van der Waals surface area contributed by atoms with E-state index >= 15 is 0 Å². The second kappa shape index (κ2) is 8.63. The highest BCUT2D eigenvalue weighted by Gasteiger charge is 2.13. The van der Waals surface area contributed by atoms with Crippen molar-refractivity contribution in [3.05, 3.63) is 83.9 Å². The molecule has 5 nitrogen and oxygen atoms in total. The number of hydrogen-bond acceptors (Lipinski definition) is 6. The van der Waals surface area contributed by atoms with Crippen molar-refractivity contribution in [2.75, 3.05) is 7.11 Å². The van der Waals surface area contributed by atoms with Crippen molar-refractivity contribution in [2.45, 2.75) is 11.0 Å². The lowest BCUT2D eigenvalue weighted by molar-refractivity contribution is 0.411. The third-order valence-corrected chi connectivity index (χ3v) is 5.31. The fraction of sp³-hybridized carbons (Fsp3) is 0.0870. The van der Waals surface area contributed by atoms with Crippen molar-refractivity contribution in [2.24, 2.45) is 0 Å². The lowest BCUT2D eigenvalue weighted by Crippen LogP contribution is -1.87. The molecule has 4 rings (SSSR count). The van der Waals surface area contributed by atoms with Crippen LogP contribution in [0.2, 0.25) is 0 Å². The van der Waals surface area contributed by atoms with Crippen LogP contribution in [0.1, 0.15) is 11.1 Å². The number of aromatic nitrogens is 2. The molecule has 0 aliphatic rings. The first kappa shape index (κ1) is 18.8. The van der Waals surface area contributed by atoms with Gasteiger partial charge in [-0.3, -0.25) is 0 Å². The van der Waals surface area contributed by atoms with E-state index < -0.39 is 0 Å². The van der Waals surface area contributed by atoms with Gasteiger partial charge in [0.25, 0.3) is 11.1 Å². The van der Waals surface area contributed by atoms with Gasteiger partial charge in [-0.15, -0.1) is 10.2 Å². The molecule has 0 fully saturated rings. The van der Waals surface area contributed by atoms with E-state index in [1.807, 2.05) is 72.8 Å². The smallest absolute Gasteiger partial charge is 0.277 e. The van der Waals surface area contributed by atoms with Gasteiger partial charge in [0.15, 0.2) is 0 Å². The van der Waals surface area contributed by atoms with E-state index in [1.165, 1.54) is 11.8 Å². The highest BCUT2D eigenvalue weighted by atomic mass is 32.2. The number of benzene rings is 3. The molecule has 1 aromatic heterocycles. The van der Waals surface area contributed by atoms with Crippen LogP contribution in [0.25, 0.3) is 22.6 Å². The van der Waals surface area contributed by atoms with E-state index in [0.29, 0.717) is 28.2 Å². The van der Waals surface area contributed by atoms with Crippen molar-refractivity contribution in [1.29, 1.82) is 5.26 Å². The topological polar surface area (TPSA) is 71.9 Å². The van der Waals surface area contributed by atoms with Crippen molar-refractivity contribution in [1.82, 2.24) is 10.2 Å². The van der Waals surface area contributed by atoms with Crippen LogP contribution in [0.3, 0.4) is 0 Å². The Hall–Kier alpha value is -3.56. The molecule has 0 radical (unpaired) electrons. The van der Waals surface area contributed by atoms with Gasteiger partial charge >= 0.3 is 0 Å². The first-order valence-electron chi connectivity index (χ1n) is 8.96. The first-order valence-corrected chi connectivity index (χ1v) is 9.95. The Labute approximate surface area is 173 Å². The average molecular weight is 399 g/mol. The van der Waals surface area contributed by atoms with Crippen LogP contribution in [0.5, 0.6) is 5.75 Å². The van der Waals surface area contributed by atoms with Gasteiger partial charge in [-0.05, 0) is 34.9 Å². The van der Waals surface area contributed by atoms with Crippen molar-refractivity contribution in [3.8, 4) is 34.4 Å². The minimum Gasteiger partial charge on any atom is -0.496 e. The van der Waals surface area contributed by atoms with Crippen LogP contribution < -0.4 is 4.74 Å². The third-order valence-electron chi connectivity index (χ3n) is 4.42. The Morgan fingerprint density at radius 3 is 2.41 bits per heavy atom. The van der Waals surface area contributed by atoms with Gasteiger partial charge in [-0.1, -0.05) is 66.4 Å². The van der Waals surface area contributed by atoms with Crippen molar-refractivity contribution in [3.63, 3.8) is 0 Å². The monoisotopic (exact) mass is 399 g/mol. The minimum atomic E-state index is 0.438. The molecular formula is C23H17N3O2S. The number of ether oxygens (including phenoxy) is 1. The van der Waals surface area contributed by atoms with Gasteiger partial charge in [0.05, 0.1) is 24.3 Å². The second-order valence-electron chi connectivity index (χ2n) is 6.22. The van der Waals surface area contributed by atoms with Crippen molar-refractivity contribution < 1.29 is 9.15 Å². The summed E-state index contributed by atoms with van der Waals surface area (Å²) in [5.74, 6) is 1.84. The van der Waals surface area contributed by atoms with Crippen LogP contribution in [0, 0.1) is 11.3 Å². The SMILES string of the molecule is COc1ccccc1-c1nnc(SCc2ccc(-c3ccccc3C#N)cc2)o1. The lowest BCUT2D eigenvalue weighted by atomic mass is 10.00. The molecule has 0 spiro atoms. The highest BCUT2D eigenvalue weighted by Crippen LogP contribution is 2.31. The molecule has 1 heterocycles. The maximum Gasteiger partial charge on any atom is 0.277 e. The Morgan fingerprint density at radius 2 is 1.66 bits per heavy atom. The van der Waals surface area contributed by atoms with Gasteiger partial charge in [-0.2, -0.15) is 5.26 Å². The summed E-state index contributed by atoms with van der Waals surface area (Å²) in [6, 6.07) is 25.5. The van der Waals surface area contributed by atoms with E-state index in [2.05, 4.69) is 16.3 Å². The Bertz CT molecular complexity index is 1160. The predicted octanol–water partition coefficient (Wildman–Crippen LogP) is 5.58. The van der Waals surface area contributed by atoms with E-state index in [1.54, 1.807) is 7.11 Å².